The van der Waals surface area contributed by atoms with Gasteiger partial charge in [-0.2, -0.15) is 0 Å². The number of nitrogens with zero attached hydrogens (tertiary/aromatic N) is 2. The summed E-state index contributed by atoms with van der Waals surface area (Å²) in [5.41, 5.74) is 1.39. The van der Waals surface area contributed by atoms with Crippen LogP contribution in [0.2, 0.25) is 0 Å². The zero-order valence-electron chi connectivity index (χ0n) is 14.3. The number of amides is 1. The van der Waals surface area contributed by atoms with Gasteiger partial charge in [-0.25, -0.2) is 4.98 Å². The number of hydrogen-bond acceptors (Lipinski definition) is 4. The van der Waals surface area contributed by atoms with Gasteiger partial charge in [0.2, 0.25) is 0 Å². The lowest BCUT2D eigenvalue weighted by atomic mass is 10.1. The third-order valence-electron chi connectivity index (χ3n) is 3.99. The Kier molecular flexibility index (Phi) is 6.75. The molecule has 0 aliphatic rings. The molecule has 0 spiro atoms. The monoisotopic (exact) mass is 327 g/mol. The van der Waals surface area contributed by atoms with Crippen LogP contribution >= 0.6 is 0 Å². The summed E-state index contributed by atoms with van der Waals surface area (Å²) in [7, 11) is 0. The molecule has 0 saturated carbocycles. The molecule has 24 heavy (non-hydrogen) atoms. The number of aliphatic hydroxyl groups excluding tert-OH is 1. The predicted molar refractivity (Wildman–Crippen MR) is 96.2 cm³/mol. The van der Waals surface area contributed by atoms with E-state index in [1.54, 1.807) is 12.3 Å². The van der Waals surface area contributed by atoms with E-state index in [1.807, 2.05) is 36.4 Å². The van der Waals surface area contributed by atoms with Gasteiger partial charge >= 0.3 is 0 Å². The lowest BCUT2D eigenvalue weighted by Gasteiger charge is -2.19. The standard InChI is InChI=1S/C19H25N3O2/c1-3-22(4-2)18-11-10-16(14-21-18)19(24)20-13-12-17(23)15-8-6-5-7-9-15/h5-11,14,17,23H,3-4,12-13H2,1-2H3,(H,20,24). The fourth-order valence-electron chi connectivity index (χ4n) is 2.52. The highest BCUT2D eigenvalue weighted by Crippen LogP contribution is 2.15. The molecule has 1 amide bonds. The van der Waals surface area contributed by atoms with E-state index < -0.39 is 6.10 Å². The molecule has 1 aromatic carbocycles. The minimum absolute atomic E-state index is 0.172. The summed E-state index contributed by atoms with van der Waals surface area (Å²) in [4.78, 5) is 18.6. The summed E-state index contributed by atoms with van der Waals surface area (Å²) < 4.78 is 0. The van der Waals surface area contributed by atoms with E-state index in [4.69, 9.17) is 0 Å². The maximum Gasteiger partial charge on any atom is 0.252 e. The zero-order chi connectivity index (χ0) is 17.4. The van der Waals surface area contributed by atoms with E-state index in [1.165, 1.54) is 0 Å². The summed E-state index contributed by atoms with van der Waals surface area (Å²) in [6.07, 6.45) is 1.49. The van der Waals surface area contributed by atoms with Gasteiger partial charge in [-0.15, -0.1) is 0 Å². The van der Waals surface area contributed by atoms with Crippen LogP contribution in [0.3, 0.4) is 0 Å². The molecule has 0 bridgehead atoms. The van der Waals surface area contributed by atoms with Crippen molar-refractivity contribution in [2.75, 3.05) is 24.5 Å². The average Bonchev–Trinajstić information content (AvgIpc) is 2.64. The highest BCUT2D eigenvalue weighted by Gasteiger charge is 2.10. The summed E-state index contributed by atoms with van der Waals surface area (Å²) in [5, 5.41) is 12.9. The van der Waals surface area contributed by atoms with Crippen LogP contribution in [-0.2, 0) is 0 Å². The second kappa shape index (κ2) is 9.03. The first-order valence-corrected chi connectivity index (χ1v) is 8.37. The smallest absolute Gasteiger partial charge is 0.252 e. The van der Waals surface area contributed by atoms with E-state index in [-0.39, 0.29) is 5.91 Å². The fraction of sp³-hybridized carbons (Fsp3) is 0.368. The van der Waals surface area contributed by atoms with Crippen LogP contribution < -0.4 is 10.2 Å². The van der Waals surface area contributed by atoms with Crippen molar-refractivity contribution in [3.05, 3.63) is 59.8 Å². The number of carbonyl (C=O) groups excluding carboxylic acids is 1. The van der Waals surface area contributed by atoms with Crippen molar-refractivity contribution < 1.29 is 9.90 Å². The molecule has 0 radical (unpaired) electrons. The number of anilines is 1. The van der Waals surface area contributed by atoms with Crippen molar-refractivity contribution in [2.45, 2.75) is 26.4 Å². The summed E-state index contributed by atoms with van der Waals surface area (Å²) in [5.74, 6) is 0.699. The highest BCUT2D eigenvalue weighted by molar-refractivity contribution is 5.94. The van der Waals surface area contributed by atoms with Gasteiger partial charge in [-0.05, 0) is 38.0 Å². The molecule has 2 rings (SSSR count). The molecule has 5 nitrogen and oxygen atoms in total. The minimum Gasteiger partial charge on any atom is -0.388 e. The number of pyridine rings is 1. The number of nitrogens with one attached hydrogen (secondary N) is 1. The molecule has 128 valence electrons. The van der Waals surface area contributed by atoms with Gasteiger partial charge in [-0.3, -0.25) is 4.79 Å². The number of rotatable bonds is 8. The van der Waals surface area contributed by atoms with Crippen LogP contribution in [0, 0.1) is 0 Å². The second-order valence-corrected chi connectivity index (χ2v) is 5.55. The Balaban J connectivity index is 1.84. The third kappa shape index (κ3) is 4.80. The highest BCUT2D eigenvalue weighted by atomic mass is 16.3. The van der Waals surface area contributed by atoms with Gasteiger partial charge < -0.3 is 15.3 Å². The normalized spacial score (nSPS) is 11.8. The van der Waals surface area contributed by atoms with Crippen molar-refractivity contribution in [2.24, 2.45) is 0 Å². The molecule has 0 fully saturated rings. The van der Waals surface area contributed by atoms with E-state index >= 15 is 0 Å². The summed E-state index contributed by atoms with van der Waals surface area (Å²) in [6, 6.07) is 13.1. The largest absolute Gasteiger partial charge is 0.388 e. The maximum atomic E-state index is 12.1. The Morgan fingerprint density at radius 2 is 1.88 bits per heavy atom. The van der Waals surface area contributed by atoms with E-state index in [0.29, 0.717) is 18.5 Å². The molecule has 0 aliphatic carbocycles. The Morgan fingerprint density at radius 3 is 2.46 bits per heavy atom. The summed E-state index contributed by atoms with van der Waals surface area (Å²) >= 11 is 0. The molecule has 0 aliphatic heterocycles. The molecule has 1 atom stereocenters. The predicted octanol–water partition coefficient (Wildman–Crippen LogP) is 2.78. The van der Waals surface area contributed by atoms with Crippen LogP contribution in [0.15, 0.2) is 48.7 Å². The van der Waals surface area contributed by atoms with Gasteiger partial charge in [0.1, 0.15) is 5.82 Å². The van der Waals surface area contributed by atoms with Crippen LogP contribution in [-0.4, -0.2) is 35.6 Å². The van der Waals surface area contributed by atoms with Crippen LogP contribution in [0.1, 0.15) is 42.3 Å². The molecule has 1 unspecified atom stereocenters. The molecular weight excluding hydrogens is 302 g/mol. The molecule has 0 saturated heterocycles. The van der Waals surface area contributed by atoms with Crippen molar-refractivity contribution in [3.63, 3.8) is 0 Å². The SMILES string of the molecule is CCN(CC)c1ccc(C(=O)NCCC(O)c2ccccc2)cn1. The third-order valence-corrected chi connectivity index (χ3v) is 3.99. The number of benzene rings is 1. The Bertz CT molecular complexity index is 625. The first-order valence-electron chi connectivity index (χ1n) is 8.37. The van der Waals surface area contributed by atoms with Crippen molar-refractivity contribution >= 4 is 11.7 Å². The van der Waals surface area contributed by atoms with Crippen molar-refractivity contribution in [1.29, 1.82) is 0 Å². The van der Waals surface area contributed by atoms with E-state index in [2.05, 4.69) is 29.0 Å². The van der Waals surface area contributed by atoms with Crippen LogP contribution in [0.5, 0.6) is 0 Å². The summed E-state index contributed by atoms with van der Waals surface area (Å²) in [6.45, 7) is 6.32. The lowest BCUT2D eigenvalue weighted by molar-refractivity contribution is 0.0942. The molecule has 2 aromatic rings. The maximum absolute atomic E-state index is 12.1. The first kappa shape index (κ1) is 17.9. The number of hydrogen-bond donors (Lipinski definition) is 2. The van der Waals surface area contributed by atoms with E-state index in [9.17, 15) is 9.90 Å². The van der Waals surface area contributed by atoms with Crippen LogP contribution in [0.4, 0.5) is 5.82 Å². The van der Waals surface area contributed by atoms with Gasteiger partial charge in [0, 0.05) is 25.8 Å². The Labute approximate surface area is 143 Å². The average molecular weight is 327 g/mol. The number of aliphatic hydroxyl groups is 1. The van der Waals surface area contributed by atoms with Gasteiger partial charge in [-0.1, -0.05) is 30.3 Å². The molecule has 1 heterocycles. The van der Waals surface area contributed by atoms with Crippen molar-refractivity contribution in [3.8, 4) is 0 Å². The van der Waals surface area contributed by atoms with Gasteiger partial charge in [0.15, 0.2) is 0 Å². The van der Waals surface area contributed by atoms with Crippen molar-refractivity contribution in [1.82, 2.24) is 10.3 Å². The lowest BCUT2D eigenvalue weighted by Crippen LogP contribution is -2.26. The fourth-order valence-corrected chi connectivity index (χ4v) is 2.52. The molecule has 1 aromatic heterocycles. The molecule has 2 N–H and O–H groups in total. The first-order chi connectivity index (χ1) is 11.7. The topological polar surface area (TPSA) is 65.5 Å². The second-order valence-electron chi connectivity index (χ2n) is 5.55. The number of carbonyl (C=O) groups is 1. The Morgan fingerprint density at radius 1 is 1.17 bits per heavy atom. The Hall–Kier alpha value is -2.40. The van der Waals surface area contributed by atoms with Gasteiger partial charge in [0.05, 0.1) is 11.7 Å². The number of aromatic nitrogens is 1. The van der Waals surface area contributed by atoms with E-state index in [0.717, 1.165) is 24.5 Å². The minimum atomic E-state index is -0.574. The molecular formula is C19H25N3O2. The molecule has 5 heteroatoms. The van der Waals surface area contributed by atoms with Gasteiger partial charge in [0.25, 0.3) is 5.91 Å². The zero-order valence-corrected chi connectivity index (χ0v) is 14.3. The van der Waals surface area contributed by atoms with Crippen LogP contribution in [0.25, 0.3) is 0 Å². The quantitative estimate of drug-likeness (QED) is 0.782.